The second-order valence-corrected chi connectivity index (χ2v) is 11.0. The fourth-order valence-electron chi connectivity index (χ4n) is 3.72. The average molecular weight is 585 g/mol. The van der Waals surface area contributed by atoms with Crippen molar-refractivity contribution in [1.29, 1.82) is 0 Å². The van der Waals surface area contributed by atoms with E-state index >= 15 is 0 Å². The number of halogens is 1. The first-order chi connectivity index (χ1) is 19.1. The summed E-state index contributed by atoms with van der Waals surface area (Å²) >= 11 is 6.37. The molecule has 1 aromatic heterocycles. The maximum absolute atomic E-state index is 13.6. The standard InChI is InChI=1S/C27H29ClN6O5S/c1-34(2)14-13-29-27(35)19-16-18(10-12-24(19)39-4)40(36,37)33-26-25(30-21-7-5-6-8-22(21)31-26)32-23-15-17(38-3)9-11-20(23)28/h5-12,15-16H,13-14H2,1-4H3,(H,29,35)(H,30,32)(H,31,33). The number of nitrogens with one attached hydrogen (secondary N) is 3. The van der Waals surface area contributed by atoms with Gasteiger partial charge in [0.2, 0.25) is 0 Å². The van der Waals surface area contributed by atoms with Gasteiger partial charge in [0.05, 0.1) is 46.4 Å². The van der Waals surface area contributed by atoms with Crippen molar-refractivity contribution in [1.82, 2.24) is 20.2 Å². The van der Waals surface area contributed by atoms with Crippen molar-refractivity contribution in [3.8, 4) is 11.5 Å². The van der Waals surface area contributed by atoms with Gasteiger partial charge in [0.1, 0.15) is 11.5 Å². The molecule has 4 aromatic rings. The quantitative estimate of drug-likeness (QED) is 0.238. The molecule has 0 aliphatic rings. The smallest absolute Gasteiger partial charge is 0.263 e. The molecule has 210 valence electrons. The third kappa shape index (κ3) is 6.71. The number of aromatic nitrogens is 2. The molecule has 0 spiro atoms. The van der Waals surface area contributed by atoms with Gasteiger partial charge in [-0.15, -0.1) is 0 Å². The summed E-state index contributed by atoms with van der Waals surface area (Å²) < 4.78 is 40.2. The number of anilines is 3. The zero-order valence-corrected chi connectivity index (χ0v) is 23.9. The molecule has 0 bridgehead atoms. The van der Waals surface area contributed by atoms with Crippen molar-refractivity contribution in [3.63, 3.8) is 0 Å². The zero-order chi connectivity index (χ0) is 28.9. The minimum absolute atomic E-state index is 0.0645. The first-order valence-electron chi connectivity index (χ1n) is 12.1. The fraction of sp³-hybridized carbons (Fsp3) is 0.222. The number of sulfonamides is 1. The van der Waals surface area contributed by atoms with E-state index in [9.17, 15) is 13.2 Å². The molecular formula is C27H29ClN6O5S. The van der Waals surface area contributed by atoms with Crippen LogP contribution in [0.1, 0.15) is 10.4 Å². The number of amides is 1. The molecule has 0 saturated carbocycles. The highest BCUT2D eigenvalue weighted by molar-refractivity contribution is 7.92. The lowest BCUT2D eigenvalue weighted by molar-refractivity contribution is 0.0947. The van der Waals surface area contributed by atoms with Crippen LogP contribution in [0.15, 0.2) is 65.6 Å². The molecule has 0 fully saturated rings. The topological polar surface area (TPSA) is 135 Å². The van der Waals surface area contributed by atoms with Gasteiger partial charge in [-0.3, -0.25) is 9.52 Å². The number of carbonyl (C=O) groups is 1. The Labute approximate surface area is 237 Å². The molecule has 0 atom stereocenters. The number of benzene rings is 3. The molecule has 0 aliphatic heterocycles. The summed E-state index contributed by atoms with van der Waals surface area (Å²) in [5.41, 5.74) is 1.52. The second-order valence-electron chi connectivity index (χ2n) is 8.91. The fourth-order valence-corrected chi connectivity index (χ4v) is 4.92. The Bertz CT molecular complexity index is 1650. The number of carbonyl (C=O) groups excluding carboxylic acids is 1. The summed E-state index contributed by atoms with van der Waals surface area (Å²) in [4.78, 5) is 23.7. The number of para-hydroxylation sites is 2. The van der Waals surface area contributed by atoms with Gasteiger partial charge in [-0.2, -0.15) is 0 Å². The molecule has 0 aliphatic carbocycles. The van der Waals surface area contributed by atoms with E-state index in [1.807, 2.05) is 19.0 Å². The van der Waals surface area contributed by atoms with E-state index in [0.29, 0.717) is 40.6 Å². The van der Waals surface area contributed by atoms with E-state index in [-0.39, 0.29) is 27.8 Å². The Morgan fingerprint density at radius 1 is 0.950 bits per heavy atom. The average Bonchev–Trinajstić information content (AvgIpc) is 2.93. The largest absolute Gasteiger partial charge is 0.497 e. The summed E-state index contributed by atoms with van der Waals surface area (Å²) in [6.07, 6.45) is 0. The third-order valence-electron chi connectivity index (χ3n) is 5.80. The summed E-state index contributed by atoms with van der Waals surface area (Å²) in [5.74, 6) is 0.369. The SMILES string of the molecule is COc1ccc(Cl)c(Nc2nc3ccccc3nc2NS(=O)(=O)c2ccc(OC)c(C(=O)NCCN(C)C)c2)c1. The molecule has 0 saturated heterocycles. The highest BCUT2D eigenvalue weighted by atomic mass is 35.5. The van der Waals surface area contributed by atoms with Gasteiger partial charge >= 0.3 is 0 Å². The van der Waals surface area contributed by atoms with Crippen LogP contribution >= 0.6 is 11.6 Å². The highest BCUT2D eigenvalue weighted by Gasteiger charge is 2.23. The summed E-state index contributed by atoms with van der Waals surface area (Å²) in [7, 11) is 2.46. The molecule has 40 heavy (non-hydrogen) atoms. The summed E-state index contributed by atoms with van der Waals surface area (Å²) in [6, 6.07) is 16.1. The molecule has 4 rings (SSSR count). The van der Waals surface area contributed by atoms with Gasteiger partial charge in [0.15, 0.2) is 11.6 Å². The minimum Gasteiger partial charge on any atom is -0.497 e. The van der Waals surface area contributed by atoms with Crippen LogP contribution in [0, 0.1) is 0 Å². The van der Waals surface area contributed by atoms with E-state index in [0.717, 1.165) is 0 Å². The van der Waals surface area contributed by atoms with Crippen molar-refractivity contribution in [2.75, 3.05) is 51.4 Å². The van der Waals surface area contributed by atoms with Gasteiger partial charge < -0.3 is 25.0 Å². The van der Waals surface area contributed by atoms with E-state index < -0.39 is 15.9 Å². The number of methoxy groups -OCH3 is 2. The number of rotatable bonds is 11. The molecule has 0 radical (unpaired) electrons. The van der Waals surface area contributed by atoms with Crippen LogP contribution < -0.4 is 24.8 Å². The first kappa shape index (κ1) is 28.9. The molecule has 3 aromatic carbocycles. The number of likely N-dealkylation sites (N-methyl/N-ethyl adjacent to an activating group) is 1. The van der Waals surface area contributed by atoms with E-state index in [2.05, 4.69) is 25.3 Å². The summed E-state index contributed by atoms with van der Waals surface area (Å²) in [6.45, 7) is 0.986. The maximum Gasteiger partial charge on any atom is 0.263 e. The molecule has 1 amide bonds. The second kappa shape index (κ2) is 12.4. The normalized spacial score (nSPS) is 11.3. The Morgan fingerprint density at radius 3 is 2.30 bits per heavy atom. The van der Waals surface area contributed by atoms with Gasteiger partial charge in [0, 0.05) is 19.2 Å². The minimum atomic E-state index is -4.23. The van der Waals surface area contributed by atoms with E-state index in [1.165, 1.54) is 32.4 Å². The molecule has 13 heteroatoms. The molecule has 1 heterocycles. The van der Waals surface area contributed by atoms with E-state index in [4.69, 9.17) is 21.1 Å². The van der Waals surface area contributed by atoms with Crippen LogP contribution in [0.3, 0.4) is 0 Å². The predicted octanol–water partition coefficient (Wildman–Crippen LogP) is 4.14. The number of nitrogens with zero attached hydrogens (tertiary/aromatic N) is 3. The lowest BCUT2D eigenvalue weighted by atomic mass is 10.2. The first-order valence-corrected chi connectivity index (χ1v) is 14.0. The Hall–Kier alpha value is -4.13. The summed E-state index contributed by atoms with van der Waals surface area (Å²) in [5, 5.41) is 6.20. The number of hydrogen-bond donors (Lipinski definition) is 3. The lowest BCUT2D eigenvalue weighted by Gasteiger charge is -2.16. The van der Waals surface area contributed by atoms with Crippen LogP contribution in [0.5, 0.6) is 11.5 Å². The van der Waals surface area contributed by atoms with Crippen LogP contribution in [0.25, 0.3) is 11.0 Å². The van der Waals surface area contributed by atoms with Gasteiger partial charge in [-0.1, -0.05) is 23.7 Å². The molecular weight excluding hydrogens is 556 g/mol. The van der Waals surface area contributed by atoms with Crippen LogP contribution in [0.4, 0.5) is 17.3 Å². The van der Waals surface area contributed by atoms with Crippen molar-refractivity contribution in [2.45, 2.75) is 4.90 Å². The van der Waals surface area contributed by atoms with Crippen LogP contribution in [0.2, 0.25) is 5.02 Å². The lowest BCUT2D eigenvalue weighted by Crippen LogP contribution is -2.31. The predicted molar refractivity (Wildman–Crippen MR) is 156 cm³/mol. The zero-order valence-electron chi connectivity index (χ0n) is 22.4. The Morgan fingerprint density at radius 2 is 1.65 bits per heavy atom. The van der Waals surface area contributed by atoms with Crippen molar-refractivity contribution >= 4 is 55.9 Å². The van der Waals surface area contributed by atoms with Crippen molar-refractivity contribution in [3.05, 3.63) is 71.2 Å². The van der Waals surface area contributed by atoms with Crippen LogP contribution in [-0.4, -0.2) is 70.6 Å². The Balaban J connectivity index is 1.71. The highest BCUT2D eigenvalue weighted by Crippen LogP contribution is 2.33. The maximum atomic E-state index is 13.6. The number of fused-ring (bicyclic) bond motifs is 1. The molecule has 11 nitrogen and oxygen atoms in total. The van der Waals surface area contributed by atoms with Crippen molar-refractivity contribution in [2.24, 2.45) is 0 Å². The van der Waals surface area contributed by atoms with Gasteiger partial charge in [-0.25, -0.2) is 18.4 Å². The van der Waals surface area contributed by atoms with Gasteiger partial charge in [0.25, 0.3) is 15.9 Å². The van der Waals surface area contributed by atoms with Crippen molar-refractivity contribution < 1.29 is 22.7 Å². The molecule has 3 N–H and O–H groups in total. The third-order valence-corrected chi connectivity index (χ3v) is 7.46. The number of ether oxygens (including phenoxy) is 2. The van der Waals surface area contributed by atoms with Gasteiger partial charge in [-0.05, 0) is 56.6 Å². The molecule has 0 unspecified atom stereocenters. The van der Waals surface area contributed by atoms with E-state index in [1.54, 1.807) is 42.5 Å². The van der Waals surface area contributed by atoms with Crippen LogP contribution in [-0.2, 0) is 10.0 Å². The number of hydrogen-bond acceptors (Lipinski definition) is 9. The Kier molecular flexibility index (Phi) is 8.93. The monoisotopic (exact) mass is 584 g/mol.